The van der Waals surface area contributed by atoms with Gasteiger partial charge >= 0.3 is 0 Å². The summed E-state index contributed by atoms with van der Waals surface area (Å²) in [4.78, 5) is 7.35. The van der Waals surface area contributed by atoms with Gasteiger partial charge in [0.2, 0.25) is 0 Å². The van der Waals surface area contributed by atoms with E-state index in [2.05, 4.69) is 16.9 Å². The Morgan fingerprint density at radius 3 is 3.06 bits per heavy atom. The Bertz CT molecular complexity index is 521. The maximum atomic E-state index is 11.8. The van der Waals surface area contributed by atoms with Crippen LogP contribution >= 0.6 is 0 Å². The van der Waals surface area contributed by atoms with Gasteiger partial charge < -0.3 is 10.7 Å². The third-order valence-electron chi connectivity index (χ3n) is 2.38. The number of fused-ring (bicyclic) bond motifs is 1. The van der Waals surface area contributed by atoms with E-state index in [0.29, 0.717) is 16.6 Å². The van der Waals surface area contributed by atoms with Crippen LogP contribution in [0.25, 0.3) is 11.0 Å². The van der Waals surface area contributed by atoms with E-state index in [9.17, 15) is 4.21 Å². The van der Waals surface area contributed by atoms with Crippen LogP contribution in [0.5, 0.6) is 0 Å². The van der Waals surface area contributed by atoms with Crippen LogP contribution in [-0.4, -0.2) is 19.9 Å². The monoisotopic (exact) mass is 237 g/mol. The molecule has 16 heavy (non-hydrogen) atoms. The summed E-state index contributed by atoms with van der Waals surface area (Å²) in [6, 6.07) is 5.44. The number of anilines is 1. The number of aromatic nitrogens is 2. The maximum absolute atomic E-state index is 11.8. The van der Waals surface area contributed by atoms with Crippen molar-refractivity contribution in [1.82, 2.24) is 9.97 Å². The number of hydrogen-bond acceptors (Lipinski definition) is 3. The smallest absolute Gasteiger partial charge is 0.197 e. The molecule has 0 saturated carbocycles. The summed E-state index contributed by atoms with van der Waals surface area (Å²) in [7, 11) is -1.03. The molecule has 5 heteroatoms. The van der Waals surface area contributed by atoms with Crippen molar-refractivity contribution in [3.05, 3.63) is 18.2 Å². The van der Waals surface area contributed by atoms with Crippen LogP contribution in [0.15, 0.2) is 23.4 Å². The Labute approximate surface area is 96.7 Å². The number of benzene rings is 1. The number of aromatic amines is 1. The fourth-order valence-electron chi connectivity index (χ4n) is 1.48. The summed E-state index contributed by atoms with van der Waals surface area (Å²) < 4.78 is 11.8. The van der Waals surface area contributed by atoms with E-state index >= 15 is 0 Å². The van der Waals surface area contributed by atoms with Gasteiger partial charge in [-0.15, -0.1) is 0 Å². The molecule has 3 N–H and O–H groups in total. The molecular formula is C11H15N3OS. The molecule has 0 amide bonds. The van der Waals surface area contributed by atoms with Gasteiger partial charge in [-0.3, -0.25) is 4.21 Å². The lowest BCUT2D eigenvalue weighted by Gasteiger charge is -1.94. The van der Waals surface area contributed by atoms with Crippen molar-refractivity contribution >= 4 is 27.5 Å². The number of imidazole rings is 1. The zero-order valence-electron chi connectivity index (χ0n) is 9.19. The van der Waals surface area contributed by atoms with E-state index in [-0.39, 0.29) is 0 Å². The van der Waals surface area contributed by atoms with E-state index < -0.39 is 10.8 Å². The molecule has 0 spiro atoms. The molecule has 0 radical (unpaired) electrons. The summed E-state index contributed by atoms with van der Waals surface area (Å²) in [5.41, 5.74) is 8.01. The number of nitrogens with one attached hydrogen (secondary N) is 1. The Morgan fingerprint density at radius 1 is 1.50 bits per heavy atom. The van der Waals surface area contributed by atoms with Gasteiger partial charge in [-0.1, -0.05) is 13.3 Å². The second-order valence-corrected chi connectivity index (χ2v) is 5.21. The minimum absolute atomic E-state index is 0.550. The van der Waals surface area contributed by atoms with Gasteiger partial charge in [-0.05, 0) is 24.6 Å². The summed E-state index contributed by atoms with van der Waals surface area (Å²) >= 11 is 0. The lowest BCUT2D eigenvalue weighted by atomic mass is 10.3. The molecule has 0 aliphatic heterocycles. The lowest BCUT2D eigenvalue weighted by molar-refractivity contribution is 0.674. The lowest BCUT2D eigenvalue weighted by Crippen LogP contribution is -1.99. The van der Waals surface area contributed by atoms with Crippen LogP contribution in [0.2, 0.25) is 0 Å². The molecule has 1 aromatic heterocycles. The van der Waals surface area contributed by atoms with E-state index in [1.54, 1.807) is 6.07 Å². The molecule has 86 valence electrons. The second-order valence-electron chi connectivity index (χ2n) is 3.72. The van der Waals surface area contributed by atoms with E-state index in [1.807, 2.05) is 12.1 Å². The highest BCUT2D eigenvalue weighted by atomic mass is 32.2. The molecule has 0 fully saturated rings. The van der Waals surface area contributed by atoms with Crippen LogP contribution in [-0.2, 0) is 10.8 Å². The highest BCUT2D eigenvalue weighted by Crippen LogP contribution is 2.16. The average Bonchev–Trinajstić information content (AvgIpc) is 2.68. The first-order valence-electron chi connectivity index (χ1n) is 5.34. The summed E-state index contributed by atoms with van der Waals surface area (Å²) in [5.74, 6) is 0.659. The third kappa shape index (κ3) is 2.24. The maximum Gasteiger partial charge on any atom is 0.197 e. The number of nitrogen functional groups attached to an aromatic ring is 1. The number of hydrogen-bond donors (Lipinski definition) is 2. The number of H-pyrrole nitrogens is 1. The van der Waals surface area contributed by atoms with Gasteiger partial charge in [-0.2, -0.15) is 0 Å². The molecule has 0 aliphatic carbocycles. The molecule has 2 rings (SSSR count). The first-order valence-corrected chi connectivity index (χ1v) is 6.66. The summed E-state index contributed by atoms with van der Waals surface area (Å²) in [5, 5.41) is 0.550. The molecule has 0 saturated heterocycles. The normalized spacial score (nSPS) is 13.1. The van der Waals surface area contributed by atoms with E-state index in [0.717, 1.165) is 23.9 Å². The third-order valence-corrected chi connectivity index (χ3v) is 3.67. The van der Waals surface area contributed by atoms with Crippen molar-refractivity contribution in [1.29, 1.82) is 0 Å². The van der Waals surface area contributed by atoms with Crippen LogP contribution in [0.1, 0.15) is 19.8 Å². The van der Waals surface area contributed by atoms with Crippen LogP contribution in [0.3, 0.4) is 0 Å². The van der Waals surface area contributed by atoms with Crippen LogP contribution in [0.4, 0.5) is 5.69 Å². The largest absolute Gasteiger partial charge is 0.399 e. The van der Waals surface area contributed by atoms with Gasteiger partial charge in [0.05, 0.1) is 21.8 Å². The van der Waals surface area contributed by atoms with Gasteiger partial charge in [0.1, 0.15) is 0 Å². The zero-order chi connectivity index (χ0) is 11.5. The zero-order valence-corrected chi connectivity index (χ0v) is 10.0. The molecule has 2 aromatic rings. The van der Waals surface area contributed by atoms with Crippen LogP contribution in [0, 0.1) is 0 Å². The van der Waals surface area contributed by atoms with Crippen LogP contribution < -0.4 is 5.73 Å². The quantitative estimate of drug-likeness (QED) is 0.799. The Morgan fingerprint density at radius 2 is 2.31 bits per heavy atom. The molecule has 1 unspecified atom stereocenters. The average molecular weight is 237 g/mol. The number of rotatable bonds is 4. The van der Waals surface area contributed by atoms with Crippen molar-refractivity contribution in [3.63, 3.8) is 0 Å². The molecule has 1 atom stereocenters. The minimum atomic E-state index is -1.03. The van der Waals surface area contributed by atoms with Gasteiger partial charge in [0.15, 0.2) is 5.16 Å². The predicted octanol–water partition coefficient (Wildman–Crippen LogP) is 2.05. The summed E-state index contributed by atoms with van der Waals surface area (Å²) in [6.45, 7) is 2.08. The fourth-order valence-corrected chi connectivity index (χ4v) is 2.65. The number of nitrogens with zero attached hydrogens (tertiary/aromatic N) is 1. The topological polar surface area (TPSA) is 71.8 Å². The first kappa shape index (κ1) is 11.1. The van der Waals surface area contributed by atoms with Crippen molar-refractivity contribution < 1.29 is 4.21 Å². The first-order chi connectivity index (χ1) is 7.70. The molecule has 0 bridgehead atoms. The number of unbranched alkanes of at least 4 members (excludes halogenated alkanes) is 1. The SMILES string of the molecule is CCCCS(=O)c1nc2ccc(N)cc2[nH]1. The second kappa shape index (κ2) is 4.65. The fraction of sp³-hybridized carbons (Fsp3) is 0.364. The molecule has 0 aliphatic rings. The number of nitrogens with two attached hydrogens (primary N) is 1. The minimum Gasteiger partial charge on any atom is -0.399 e. The van der Waals surface area contributed by atoms with Crippen molar-refractivity contribution in [3.8, 4) is 0 Å². The van der Waals surface area contributed by atoms with Gasteiger partial charge in [0.25, 0.3) is 0 Å². The van der Waals surface area contributed by atoms with E-state index in [1.165, 1.54) is 0 Å². The predicted molar refractivity (Wildman–Crippen MR) is 66.7 cm³/mol. The highest BCUT2D eigenvalue weighted by Gasteiger charge is 2.09. The van der Waals surface area contributed by atoms with E-state index in [4.69, 9.17) is 5.73 Å². The standard InChI is InChI=1S/C11H15N3OS/c1-2-3-6-16(15)11-13-9-5-4-8(12)7-10(9)14-11/h4-5,7H,2-3,6,12H2,1H3,(H,13,14). The van der Waals surface area contributed by atoms with Crippen molar-refractivity contribution in [2.75, 3.05) is 11.5 Å². The van der Waals surface area contributed by atoms with Crippen molar-refractivity contribution in [2.24, 2.45) is 0 Å². The molecular weight excluding hydrogens is 222 g/mol. The Balaban J connectivity index is 2.28. The molecule has 4 nitrogen and oxygen atoms in total. The van der Waals surface area contributed by atoms with Gasteiger partial charge in [-0.25, -0.2) is 4.98 Å². The highest BCUT2D eigenvalue weighted by molar-refractivity contribution is 7.84. The molecule has 1 aromatic carbocycles. The summed E-state index contributed by atoms with van der Waals surface area (Å²) in [6.07, 6.45) is 1.99. The Kier molecular flexibility index (Phi) is 3.24. The Hall–Kier alpha value is -1.36. The van der Waals surface area contributed by atoms with Crippen molar-refractivity contribution in [2.45, 2.75) is 24.9 Å². The van der Waals surface area contributed by atoms with Gasteiger partial charge in [0, 0.05) is 11.4 Å². The molecule has 1 heterocycles.